The fourth-order valence-electron chi connectivity index (χ4n) is 1.63. The smallest absolute Gasteiger partial charge is 0.230 e. The van der Waals surface area contributed by atoms with Crippen LogP contribution in [-0.2, 0) is 4.79 Å². The molecule has 0 spiro atoms. The summed E-state index contributed by atoms with van der Waals surface area (Å²) >= 11 is 1.74. The van der Waals surface area contributed by atoms with Crippen molar-refractivity contribution in [1.82, 2.24) is 5.32 Å². The van der Waals surface area contributed by atoms with E-state index in [2.05, 4.69) is 10.3 Å². The Hall–Kier alpha value is -0.510. The number of amides is 1. The zero-order valence-electron chi connectivity index (χ0n) is 7.04. The molecule has 2 aliphatic rings. The molecule has 0 aromatic heterocycles. The normalized spacial score (nSPS) is 35.1. The molecule has 0 radical (unpaired) electrons. The summed E-state index contributed by atoms with van der Waals surface area (Å²) in [5.74, 6) is 0.784. The lowest BCUT2D eigenvalue weighted by Crippen LogP contribution is -2.51. The van der Waals surface area contributed by atoms with Crippen LogP contribution < -0.4 is 5.32 Å². The van der Waals surface area contributed by atoms with E-state index < -0.39 is 0 Å². The van der Waals surface area contributed by atoms with E-state index in [4.69, 9.17) is 0 Å². The number of aliphatic imine (C=N–C) groups is 1. The van der Waals surface area contributed by atoms with Crippen molar-refractivity contribution in [2.45, 2.75) is 24.6 Å². The van der Waals surface area contributed by atoms with Crippen molar-refractivity contribution in [3.8, 4) is 0 Å². The Morgan fingerprint density at radius 3 is 3.33 bits per heavy atom. The van der Waals surface area contributed by atoms with Gasteiger partial charge in [-0.2, -0.15) is 0 Å². The summed E-state index contributed by atoms with van der Waals surface area (Å²) < 4.78 is 0. The third-order valence-corrected chi connectivity index (χ3v) is 3.61. The summed E-state index contributed by atoms with van der Waals surface area (Å²) in [7, 11) is 0. The lowest BCUT2D eigenvalue weighted by Gasteiger charge is -2.33. The van der Waals surface area contributed by atoms with Gasteiger partial charge in [-0.1, -0.05) is 0 Å². The minimum atomic E-state index is 0.177. The van der Waals surface area contributed by atoms with Crippen LogP contribution in [0.4, 0.5) is 0 Å². The Balaban J connectivity index is 2.08. The van der Waals surface area contributed by atoms with E-state index in [0.717, 1.165) is 13.0 Å². The number of hydrogen-bond donors (Lipinski definition) is 1. The van der Waals surface area contributed by atoms with Gasteiger partial charge in [0, 0.05) is 23.4 Å². The second kappa shape index (κ2) is 3.09. The predicted molar refractivity (Wildman–Crippen MR) is 50.8 cm³/mol. The largest absolute Gasteiger partial charge is 0.351 e. The van der Waals surface area contributed by atoms with Crippen LogP contribution in [0.15, 0.2) is 4.99 Å². The molecule has 2 unspecified atom stereocenters. The van der Waals surface area contributed by atoms with Gasteiger partial charge in [-0.05, 0) is 6.92 Å². The van der Waals surface area contributed by atoms with Gasteiger partial charge in [-0.25, -0.2) is 0 Å². The molecule has 0 aromatic rings. The van der Waals surface area contributed by atoms with E-state index in [-0.39, 0.29) is 5.91 Å². The number of fused-ring (bicyclic) bond motifs is 1. The average molecular weight is 184 g/mol. The Bertz CT molecular complexity index is 239. The third-order valence-electron chi connectivity index (χ3n) is 2.28. The van der Waals surface area contributed by atoms with E-state index >= 15 is 0 Å². The van der Waals surface area contributed by atoms with Crippen LogP contribution in [0, 0.1) is 0 Å². The van der Waals surface area contributed by atoms with Gasteiger partial charge < -0.3 is 5.32 Å². The van der Waals surface area contributed by atoms with Crippen LogP contribution in [0.1, 0.15) is 13.3 Å². The molecule has 2 heterocycles. The third kappa shape index (κ3) is 1.48. The predicted octanol–water partition coefficient (Wildman–Crippen LogP) is 0.451. The number of nitrogens with zero attached hydrogens (tertiary/aromatic N) is 1. The van der Waals surface area contributed by atoms with Crippen LogP contribution in [0.5, 0.6) is 0 Å². The summed E-state index contributed by atoms with van der Waals surface area (Å²) in [5, 5.41) is 3.53. The van der Waals surface area contributed by atoms with E-state index in [1.807, 2.05) is 6.92 Å². The number of rotatable bonds is 0. The first-order valence-corrected chi connectivity index (χ1v) is 5.21. The topological polar surface area (TPSA) is 41.5 Å². The van der Waals surface area contributed by atoms with E-state index in [9.17, 15) is 4.79 Å². The summed E-state index contributed by atoms with van der Waals surface area (Å²) in [5.41, 5.74) is 1.17. The summed E-state index contributed by atoms with van der Waals surface area (Å²) in [6.07, 6.45) is 0.934. The summed E-state index contributed by atoms with van der Waals surface area (Å²) in [4.78, 5) is 15.4. The van der Waals surface area contributed by atoms with Crippen LogP contribution in [0.3, 0.4) is 0 Å². The summed E-state index contributed by atoms with van der Waals surface area (Å²) in [6, 6.07) is 0.341. The Labute approximate surface area is 76.0 Å². The fraction of sp³-hybridized carbons (Fsp3) is 0.750. The van der Waals surface area contributed by atoms with E-state index in [1.165, 1.54) is 5.71 Å². The van der Waals surface area contributed by atoms with Crippen LogP contribution in [0.2, 0.25) is 0 Å². The number of nitrogens with one attached hydrogen (secondary N) is 1. The van der Waals surface area contributed by atoms with Gasteiger partial charge >= 0.3 is 0 Å². The second-order valence-electron chi connectivity index (χ2n) is 3.30. The van der Waals surface area contributed by atoms with Crippen molar-refractivity contribution in [2.75, 3.05) is 12.3 Å². The molecule has 2 aliphatic heterocycles. The van der Waals surface area contributed by atoms with Crippen molar-refractivity contribution >= 4 is 23.4 Å². The van der Waals surface area contributed by atoms with Crippen LogP contribution >= 0.6 is 11.8 Å². The molecule has 1 fully saturated rings. The molecule has 1 amide bonds. The van der Waals surface area contributed by atoms with Gasteiger partial charge in [0.15, 0.2) is 0 Å². The second-order valence-corrected chi connectivity index (χ2v) is 4.53. The zero-order chi connectivity index (χ0) is 8.55. The molecule has 12 heavy (non-hydrogen) atoms. The zero-order valence-corrected chi connectivity index (χ0v) is 7.86. The molecule has 0 aromatic carbocycles. The molecule has 0 saturated carbocycles. The van der Waals surface area contributed by atoms with Crippen molar-refractivity contribution in [3.63, 3.8) is 0 Å². The van der Waals surface area contributed by atoms with Crippen molar-refractivity contribution in [2.24, 2.45) is 4.99 Å². The number of carbonyl (C=O) groups excluding carboxylic acids is 1. The van der Waals surface area contributed by atoms with Gasteiger partial charge in [0.2, 0.25) is 5.91 Å². The number of hydrogen-bond acceptors (Lipinski definition) is 3. The Morgan fingerprint density at radius 1 is 1.67 bits per heavy atom. The molecule has 66 valence electrons. The highest BCUT2D eigenvalue weighted by Gasteiger charge is 2.31. The molecule has 0 bridgehead atoms. The molecule has 0 aliphatic carbocycles. The standard InChI is InChI=1S/C8H12N2OS/c1-5-2-6-7(3-9-5)12-4-8(11)10-6/h6-7H,2-4H2,1H3,(H,10,11). The lowest BCUT2D eigenvalue weighted by molar-refractivity contribution is -0.119. The Morgan fingerprint density at radius 2 is 2.50 bits per heavy atom. The number of carbonyl (C=O) groups is 1. The van der Waals surface area contributed by atoms with Gasteiger partial charge in [-0.15, -0.1) is 11.8 Å². The van der Waals surface area contributed by atoms with Gasteiger partial charge in [0.25, 0.3) is 0 Å². The average Bonchev–Trinajstić information content (AvgIpc) is 2.03. The van der Waals surface area contributed by atoms with E-state index in [1.54, 1.807) is 11.8 Å². The van der Waals surface area contributed by atoms with Crippen molar-refractivity contribution < 1.29 is 4.79 Å². The molecule has 1 N–H and O–H groups in total. The van der Waals surface area contributed by atoms with Crippen molar-refractivity contribution in [3.05, 3.63) is 0 Å². The maximum atomic E-state index is 11.1. The maximum Gasteiger partial charge on any atom is 0.230 e. The minimum absolute atomic E-state index is 0.177. The van der Waals surface area contributed by atoms with Crippen LogP contribution in [-0.4, -0.2) is 35.2 Å². The highest BCUT2D eigenvalue weighted by molar-refractivity contribution is 8.00. The minimum Gasteiger partial charge on any atom is -0.351 e. The molecule has 4 heteroatoms. The van der Waals surface area contributed by atoms with Crippen molar-refractivity contribution in [1.29, 1.82) is 0 Å². The lowest BCUT2D eigenvalue weighted by atomic mass is 10.0. The van der Waals surface area contributed by atoms with Crippen LogP contribution in [0.25, 0.3) is 0 Å². The summed E-state index contributed by atoms with van der Waals surface area (Å²) in [6.45, 7) is 2.91. The fourth-order valence-corrected chi connectivity index (χ4v) is 2.66. The first-order chi connectivity index (χ1) is 5.75. The van der Waals surface area contributed by atoms with Gasteiger partial charge in [-0.3, -0.25) is 9.79 Å². The highest BCUT2D eigenvalue weighted by atomic mass is 32.2. The monoisotopic (exact) mass is 184 g/mol. The Kier molecular flexibility index (Phi) is 2.09. The van der Waals surface area contributed by atoms with Gasteiger partial charge in [0.1, 0.15) is 0 Å². The molecular formula is C8H12N2OS. The first-order valence-electron chi connectivity index (χ1n) is 4.16. The highest BCUT2D eigenvalue weighted by Crippen LogP contribution is 2.24. The van der Waals surface area contributed by atoms with Gasteiger partial charge in [0.05, 0.1) is 12.3 Å². The quantitative estimate of drug-likeness (QED) is 0.594. The van der Waals surface area contributed by atoms with E-state index in [0.29, 0.717) is 17.0 Å². The molecular weight excluding hydrogens is 172 g/mol. The molecule has 2 rings (SSSR count). The first kappa shape index (κ1) is 8.10. The SMILES string of the molecule is CC1=NCC2SCC(=O)NC2C1. The molecule has 1 saturated heterocycles. The molecule has 3 nitrogen and oxygen atoms in total. The maximum absolute atomic E-state index is 11.1. The molecule has 2 atom stereocenters. The number of thioether (sulfide) groups is 1.